The minimum absolute atomic E-state index is 0.0891. The van der Waals surface area contributed by atoms with E-state index < -0.39 is 4.92 Å². The summed E-state index contributed by atoms with van der Waals surface area (Å²) < 4.78 is 1.90. The molecule has 0 spiro atoms. The van der Waals surface area contributed by atoms with E-state index in [-0.39, 0.29) is 11.5 Å². The van der Waals surface area contributed by atoms with Crippen LogP contribution < -0.4 is 11.5 Å². The van der Waals surface area contributed by atoms with Gasteiger partial charge in [-0.15, -0.1) is 0 Å². The van der Waals surface area contributed by atoms with E-state index >= 15 is 0 Å². The van der Waals surface area contributed by atoms with Crippen molar-refractivity contribution in [1.29, 1.82) is 0 Å². The summed E-state index contributed by atoms with van der Waals surface area (Å²) in [6.07, 6.45) is 3.75. The average Bonchev–Trinajstić information content (AvgIpc) is 2.91. The second-order valence-corrected chi connectivity index (χ2v) is 5.26. The van der Waals surface area contributed by atoms with Gasteiger partial charge in [-0.05, 0) is 37.1 Å². The lowest BCUT2D eigenvalue weighted by Gasteiger charge is -2.05. The van der Waals surface area contributed by atoms with Gasteiger partial charge in [0, 0.05) is 17.6 Å². The zero-order valence-corrected chi connectivity index (χ0v) is 12.5. The lowest BCUT2D eigenvalue weighted by molar-refractivity contribution is -0.384. The molecule has 0 aliphatic carbocycles. The van der Waals surface area contributed by atoms with Gasteiger partial charge in [0.2, 0.25) is 5.82 Å². The molecular weight excluding hydrogens is 294 g/mol. The van der Waals surface area contributed by atoms with Gasteiger partial charge < -0.3 is 16.0 Å². The van der Waals surface area contributed by atoms with Crippen molar-refractivity contribution in [3.05, 3.63) is 58.3 Å². The van der Waals surface area contributed by atoms with Crippen LogP contribution in [0.2, 0.25) is 0 Å². The SMILES string of the molecule is NCCCc1cn(-c2ccc([N+](=O)[O-])c(N)n2)c2ccccc12. The number of nitrogens with two attached hydrogens (primary N) is 2. The molecule has 0 radical (unpaired) electrons. The molecule has 7 heteroatoms. The number of rotatable bonds is 5. The van der Waals surface area contributed by atoms with E-state index in [2.05, 4.69) is 4.98 Å². The number of pyridine rings is 1. The molecule has 0 saturated carbocycles. The van der Waals surface area contributed by atoms with Gasteiger partial charge in [-0.25, -0.2) is 4.98 Å². The molecule has 0 aliphatic rings. The van der Waals surface area contributed by atoms with Crippen LogP contribution in [0.15, 0.2) is 42.6 Å². The lowest BCUT2D eigenvalue weighted by atomic mass is 10.1. The molecule has 4 N–H and O–H groups in total. The first-order valence-corrected chi connectivity index (χ1v) is 7.32. The third-order valence-corrected chi connectivity index (χ3v) is 3.78. The van der Waals surface area contributed by atoms with E-state index in [1.165, 1.54) is 11.6 Å². The summed E-state index contributed by atoms with van der Waals surface area (Å²) in [4.78, 5) is 14.5. The minimum Gasteiger partial charge on any atom is -0.378 e. The molecule has 3 rings (SSSR count). The standard InChI is InChI=1S/C16H17N5O2/c17-9-3-4-11-10-20(13-6-2-1-5-12(11)13)15-8-7-14(21(22)23)16(18)19-15/h1-2,5-8,10H,3-4,9,17H2,(H2,18,19). The van der Waals surface area contributed by atoms with E-state index in [0.29, 0.717) is 12.4 Å². The number of benzene rings is 1. The van der Waals surface area contributed by atoms with E-state index in [9.17, 15) is 10.1 Å². The fraction of sp³-hybridized carbons (Fsp3) is 0.188. The molecule has 0 bridgehead atoms. The van der Waals surface area contributed by atoms with Crippen LogP contribution in [0.5, 0.6) is 0 Å². The average molecular weight is 311 g/mol. The van der Waals surface area contributed by atoms with Gasteiger partial charge in [0.05, 0.1) is 10.4 Å². The Labute approximate surface area is 132 Å². The van der Waals surface area contributed by atoms with Crippen molar-refractivity contribution >= 4 is 22.4 Å². The predicted octanol–water partition coefficient (Wildman–Crippen LogP) is 2.41. The second kappa shape index (κ2) is 6.05. The van der Waals surface area contributed by atoms with Gasteiger partial charge in [-0.1, -0.05) is 18.2 Å². The Morgan fingerprint density at radius 1 is 1.22 bits per heavy atom. The number of fused-ring (bicyclic) bond motifs is 1. The largest absolute Gasteiger partial charge is 0.378 e. The summed E-state index contributed by atoms with van der Waals surface area (Å²) in [6, 6.07) is 10.9. The number of hydrogen-bond donors (Lipinski definition) is 2. The Kier molecular flexibility index (Phi) is 3.94. The van der Waals surface area contributed by atoms with E-state index in [1.807, 2.05) is 35.0 Å². The number of nitrogens with zero attached hydrogens (tertiary/aromatic N) is 3. The molecule has 118 valence electrons. The molecule has 3 aromatic rings. The third kappa shape index (κ3) is 2.74. The van der Waals surface area contributed by atoms with E-state index in [1.54, 1.807) is 6.07 Å². The molecule has 0 saturated heterocycles. The smallest absolute Gasteiger partial charge is 0.311 e. The van der Waals surface area contributed by atoms with Gasteiger partial charge in [0.15, 0.2) is 0 Å². The molecule has 0 aliphatic heterocycles. The first kappa shape index (κ1) is 15.0. The summed E-state index contributed by atoms with van der Waals surface area (Å²) >= 11 is 0. The number of hydrogen-bond acceptors (Lipinski definition) is 5. The van der Waals surface area contributed by atoms with Crippen LogP contribution in [0, 0.1) is 10.1 Å². The third-order valence-electron chi connectivity index (χ3n) is 3.78. The van der Waals surface area contributed by atoms with E-state index in [0.717, 1.165) is 23.7 Å². The molecule has 2 aromatic heterocycles. The monoisotopic (exact) mass is 311 g/mol. The van der Waals surface area contributed by atoms with Crippen molar-refractivity contribution < 1.29 is 4.92 Å². The lowest BCUT2D eigenvalue weighted by Crippen LogP contribution is -2.03. The molecule has 7 nitrogen and oxygen atoms in total. The highest BCUT2D eigenvalue weighted by atomic mass is 16.6. The zero-order chi connectivity index (χ0) is 16.4. The van der Waals surface area contributed by atoms with Crippen LogP contribution in [0.1, 0.15) is 12.0 Å². The van der Waals surface area contributed by atoms with Gasteiger partial charge in [-0.2, -0.15) is 0 Å². The predicted molar refractivity (Wildman–Crippen MR) is 89.5 cm³/mol. The summed E-state index contributed by atoms with van der Waals surface area (Å²) in [7, 11) is 0. The van der Waals surface area contributed by atoms with Crippen LogP contribution in [-0.2, 0) is 6.42 Å². The number of nitro groups is 1. The highest BCUT2D eigenvalue weighted by Gasteiger charge is 2.15. The molecule has 2 heterocycles. The number of para-hydroxylation sites is 1. The van der Waals surface area contributed by atoms with Crippen LogP contribution in [0.25, 0.3) is 16.7 Å². The summed E-state index contributed by atoms with van der Waals surface area (Å²) in [5.41, 5.74) is 13.3. The van der Waals surface area contributed by atoms with Crippen molar-refractivity contribution in [3.63, 3.8) is 0 Å². The molecular formula is C16H17N5O2. The van der Waals surface area contributed by atoms with Crippen LogP contribution in [0.3, 0.4) is 0 Å². The number of nitrogen functional groups attached to an aromatic ring is 1. The Morgan fingerprint density at radius 2 is 2.00 bits per heavy atom. The van der Waals surface area contributed by atoms with Gasteiger partial charge in [0.1, 0.15) is 5.82 Å². The topological polar surface area (TPSA) is 113 Å². The molecule has 0 atom stereocenters. The minimum atomic E-state index is -0.535. The molecule has 0 unspecified atom stereocenters. The van der Waals surface area contributed by atoms with Crippen LogP contribution in [-0.4, -0.2) is 21.0 Å². The molecule has 0 amide bonds. The molecule has 0 fully saturated rings. The maximum atomic E-state index is 10.9. The van der Waals surface area contributed by atoms with Gasteiger partial charge in [-0.3, -0.25) is 10.1 Å². The number of anilines is 1. The van der Waals surface area contributed by atoms with Crippen molar-refractivity contribution in [1.82, 2.24) is 9.55 Å². The van der Waals surface area contributed by atoms with Gasteiger partial charge >= 0.3 is 5.69 Å². The highest BCUT2D eigenvalue weighted by Crippen LogP contribution is 2.27. The second-order valence-electron chi connectivity index (χ2n) is 5.26. The van der Waals surface area contributed by atoms with Crippen molar-refractivity contribution in [2.75, 3.05) is 12.3 Å². The molecule has 23 heavy (non-hydrogen) atoms. The zero-order valence-electron chi connectivity index (χ0n) is 12.5. The Balaban J connectivity index is 2.12. The normalized spacial score (nSPS) is 11.0. The maximum Gasteiger partial charge on any atom is 0.311 e. The Hall–Kier alpha value is -2.93. The first-order chi connectivity index (χ1) is 11.1. The van der Waals surface area contributed by atoms with Crippen molar-refractivity contribution in [2.45, 2.75) is 12.8 Å². The quantitative estimate of drug-likeness (QED) is 0.555. The fourth-order valence-corrected chi connectivity index (χ4v) is 2.68. The van der Waals surface area contributed by atoms with E-state index in [4.69, 9.17) is 11.5 Å². The summed E-state index contributed by atoms with van der Waals surface area (Å²) in [5, 5.41) is 12.0. The number of aryl methyl sites for hydroxylation is 1. The highest BCUT2D eigenvalue weighted by molar-refractivity contribution is 5.85. The van der Waals surface area contributed by atoms with Crippen molar-refractivity contribution in [2.24, 2.45) is 5.73 Å². The van der Waals surface area contributed by atoms with Crippen LogP contribution >= 0.6 is 0 Å². The fourth-order valence-electron chi connectivity index (χ4n) is 2.68. The van der Waals surface area contributed by atoms with Crippen molar-refractivity contribution in [3.8, 4) is 5.82 Å². The summed E-state index contributed by atoms with van der Waals surface area (Å²) in [5.74, 6) is 0.470. The van der Waals surface area contributed by atoms with Crippen LogP contribution in [0.4, 0.5) is 11.5 Å². The Bertz CT molecular complexity index is 872. The first-order valence-electron chi connectivity index (χ1n) is 7.32. The van der Waals surface area contributed by atoms with Gasteiger partial charge in [0.25, 0.3) is 0 Å². The number of aromatic nitrogens is 2. The molecule has 1 aromatic carbocycles. The Morgan fingerprint density at radius 3 is 2.70 bits per heavy atom. The maximum absolute atomic E-state index is 10.9. The summed E-state index contributed by atoms with van der Waals surface area (Å²) in [6.45, 7) is 0.627.